The van der Waals surface area contributed by atoms with E-state index in [1.807, 2.05) is 0 Å². The predicted octanol–water partition coefficient (Wildman–Crippen LogP) is 3.35. The molecule has 1 aromatic rings. The molecule has 0 heterocycles. The molecule has 1 saturated carbocycles. The van der Waals surface area contributed by atoms with Crippen molar-refractivity contribution in [2.24, 2.45) is 0 Å². The van der Waals surface area contributed by atoms with Crippen LogP contribution in [0.1, 0.15) is 56.7 Å². The molecule has 2 rings (SSSR count). The van der Waals surface area contributed by atoms with Crippen molar-refractivity contribution >= 4 is 0 Å². The largest absolute Gasteiger partial charge is 0.490 e. The lowest BCUT2D eigenvalue weighted by molar-refractivity contribution is 0.000992. The van der Waals surface area contributed by atoms with E-state index < -0.39 is 5.60 Å². The third-order valence-corrected chi connectivity index (χ3v) is 4.18. The number of hydrogen-bond acceptors (Lipinski definition) is 3. The third-order valence-electron chi connectivity index (χ3n) is 4.18. The third kappa shape index (κ3) is 3.74. The fourth-order valence-corrected chi connectivity index (χ4v) is 2.93. The Morgan fingerprint density at radius 3 is 2.70 bits per heavy atom. The SMILES string of the molecule is CCNC(C)c1ccc(C)cc1OCC1(O)CCCC1. The van der Waals surface area contributed by atoms with Gasteiger partial charge in [-0.05, 0) is 44.9 Å². The Morgan fingerprint density at radius 2 is 2.05 bits per heavy atom. The summed E-state index contributed by atoms with van der Waals surface area (Å²) < 4.78 is 5.98. The summed E-state index contributed by atoms with van der Waals surface area (Å²) in [6, 6.07) is 6.56. The summed E-state index contributed by atoms with van der Waals surface area (Å²) in [6.45, 7) is 7.65. The molecule has 1 aliphatic carbocycles. The van der Waals surface area contributed by atoms with Crippen molar-refractivity contribution in [3.05, 3.63) is 29.3 Å². The normalized spacial score (nSPS) is 19.0. The number of hydrogen-bond donors (Lipinski definition) is 2. The van der Waals surface area contributed by atoms with E-state index in [0.717, 1.165) is 38.0 Å². The first-order valence-electron chi connectivity index (χ1n) is 7.73. The van der Waals surface area contributed by atoms with Crippen LogP contribution in [0.15, 0.2) is 18.2 Å². The molecule has 1 fully saturated rings. The van der Waals surface area contributed by atoms with E-state index in [4.69, 9.17) is 4.74 Å². The zero-order chi connectivity index (χ0) is 14.6. The Labute approximate surface area is 122 Å². The van der Waals surface area contributed by atoms with Gasteiger partial charge in [-0.3, -0.25) is 0 Å². The van der Waals surface area contributed by atoms with Gasteiger partial charge >= 0.3 is 0 Å². The van der Waals surface area contributed by atoms with Gasteiger partial charge in [0.1, 0.15) is 12.4 Å². The number of benzene rings is 1. The lowest BCUT2D eigenvalue weighted by Crippen LogP contribution is -2.32. The Kier molecular flexibility index (Phi) is 5.06. The zero-order valence-corrected chi connectivity index (χ0v) is 12.9. The van der Waals surface area contributed by atoms with Crippen molar-refractivity contribution in [1.82, 2.24) is 5.32 Å². The van der Waals surface area contributed by atoms with Crippen LogP contribution in [0.25, 0.3) is 0 Å². The molecule has 2 N–H and O–H groups in total. The second kappa shape index (κ2) is 6.59. The molecule has 0 bridgehead atoms. The molecule has 1 unspecified atom stereocenters. The molecule has 1 atom stereocenters. The Hall–Kier alpha value is -1.06. The standard InChI is InChI=1S/C17H27NO2/c1-4-18-14(3)15-8-7-13(2)11-16(15)20-12-17(19)9-5-6-10-17/h7-8,11,14,18-19H,4-6,9-10,12H2,1-3H3. The Balaban J connectivity index is 2.10. The topological polar surface area (TPSA) is 41.5 Å². The minimum atomic E-state index is -0.623. The van der Waals surface area contributed by atoms with E-state index in [-0.39, 0.29) is 6.04 Å². The lowest BCUT2D eigenvalue weighted by Gasteiger charge is -2.24. The van der Waals surface area contributed by atoms with Gasteiger partial charge in [0.2, 0.25) is 0 Å². The number of aliphatic hydroxyl groups is 1. The lowest BCUT2D eigenvalue weighted by atomic mass is 10.0. The first-order chi connectivity index (χ1) is 9.54. The van der Waals surface area contributed by atoms with Crippen LogP contribution in [0.2, 0.25) is 0 Å². The number of aryl methyl sites for hydroxylation is 1. The summed E-state index contributed by atoms with van der Waals surface area (Å²) in [5.74, 6) is 0.902. The second-order valence-electron chi connectivity index (χ2n) is 6.04. The van der Waals surface area contributed by atoms with Gasteiger partial charge in [0.05, 0.1) is 5.60 Å². The molecule has 1 aliphatic rings. The minimum Gasteiger partial charge on any atom is -0.490 e. The summed E-state index contributed by atoms with van der Waals surface area (Å²) in [4.78, 5) is 0. The molecule has 0 spiro atoms. The van der Waals surface area contributed by atoms with Gasteiger partial charge in [-0.15, -0.1) is 0 Å². The van der Waals surface area contributed by atoms with Gasteiger partial charge in [0, 0.05) is 11.6 Å². The Bertz CT molecular complexity index is 439. The highest BCUT2D eigenvalue weighted by Gasteiger charge is 2.32. The fraction of sp³-hybridized carbons (Fsp3) is 0.647. The van der Waals surface area contributed by atoms with Crippen molar-refractivity contribution in [1.29, 1.82) is 0 Å². The molecule has 0 radical (unpaired) electrons. The molecule has 0 aliphatic heterocycles. The fourth-order valence-electron chi connectivity index (χ4n) is 2.93. The molecular formula is C17H27NO2. The van der Waals surface area contributed by atoms with Gasteiger partial charge in [0.25, 0.3) is 0 Å². The molecule has 0 amide bonds. The quantitative estimate of drug-likeness (QED) is 0.838. The predicted molar refractivity (Wildman–Crippen MR) is 82.2 cm³/mol. The highest BCUT2D eigenvalue weighted by Crippen LogP contribution is 2.32. The summed E-state index contributed by atoms with van der Waals surface area (Å²) >= 11 is 0. The van der Waals surface area contributed by atoms with Crippen molar-refractivity contribution in [3.8, 4) is 5.75 Å². The second-order valence-corrected chi connectivity index (χ2v) is 6.04. The zero-order valence-electron chi connectivity index (χ0n) is 12.9. The number of ether oxygens (including phenoxy) is 1. The summed E-state index contributed by atoms with van der Waals surface area (Å²) in [5, 5.41) is 13.8. The molecule has 0 saturated heterocycles. The highest BCUT2D eigenvalue weighted by atomic mass is 16.5. The molecule has 1 aromatic carbocycles. The average Bonchev–Trinajstić information content (AvgIpc) is 2.84. The minimum absolute atomic E-state index is 0.258. The maximum absolute atomic E-state index is 10.4. The summed E-state index contributed by atoms with van der Waals surface area (Å²) in [6.07, 6.45) is 3.93. The number of nitrogens with one attached hydrogen (secondary N) is 1. The van der Waals surface area contributed by atoms with Crippen LogP contribution < -0.4 is 10.1 Å². The molecule has 0 aromatic heterocycles. The maximum Gasteiger partial charge on any atom is 0.124 e. The van der Waals surface area contributed by atoms with Crippen LogP contribution in [0.4, 0.5) is 0 Å². The smallest absolute Gasteiger partial charge is 0.124 e. The van der Waals surface area contributed by atoms with Crippen molar-refractivity contribution < 1.29 is 9.84 Å². The first kappa shape index (κ1) is 15.3. The van der Waals surface area contributed by atoms with E-state index in [9.17, 15) is 5.11 Å². The van der Waals surface area contributed by atoms with Gasteiger partial charge < -0.3 is 15.2 Å². The molecule has 3 nitrogen and oxygen atoms in total. The summed E-state index contributed by atoms with van der Waals surface area (Å²) in [7, 11) is 0. The molecular weight excluding hydrogens is 250 g/mol. The molecule has 20 heavy (non-hydrogen) atoms. The van der Waals surface area contributed by atoms with Crippen LogP contribution in [0, 0.1) is 6.92 Å². The van der Waals surface area contributed by atoms with Crippen LogP contribution >= 0.6 is 0 Å². The van der Waals surface area contributed by atoms with Crippen LogP contribution in [0.5, 0.6) is 5.75 Å². The van der Waals surface area contributed by atoms with E-state index >= 15 is 0 Å². The highest BCUT2D eigenvalue weighted by molar-refractivity contribution is 5.39. The van der Waals surface area contributed by atoms with Gasteiger partial charge in [-0.25, -0.2) is 0 Å². The first-order valence-corrected chi connectivity index (χ1v) is 7.73. The van der Waals surface area contributed by atoms with Gasteiger partial charge in [-0.2, -0.15) is 0 Å². The van der Waals surface area contributed by atoms with Crippen LogP contribution in [-0.4, -0.2) is 23.9 Å². The maximum atomic E-state index is 10.4. The van der Waals surface area contributed by atoms with Crippen LogP contribution in [0.3, 0.4) is 0 Å². The van der Waals surface area contributed by atoms with E-state index in [1.165, 1.54) is 11.1 Å². The van der Waals surface area contributed by atoms with Crippen molar-refractivity contribution in [3.63, 3.8) is 0 Å². The number of rotatable bonds is 6. The van der Waals surface area contributed by atoms with Crippen molar-refractivity contribution in [2.45, 2.75) is 58.1 Å². The van der Waals surface area contributed by atoms with Crippen molar-refractivity contribution in [2.75, 3.05) is 13.2 Å². The van der Waals surface area contributed by atoms with E-state index in [1.54, 1.807) is 0 Å². The van der Waals surface area contributed by atoms with Gasteiger partial charge in [-0.1, -0.05) is 31.9 Å². The molecule has 112 valence electrons. The monoisotopic (exact) mass is 277 g/mol. The average molecular weight is 277 g/mol. The van der Waals surface area contributed by atoms with E-state index in [0.29, 0.717) is 6.61 Å². The Morgan fingerprint density at radius 1 is 1.35 bits per heavy atom. The van der Waals surface area contributed by atoms with E-state index in [2.05, 4.69) is 44.3 Å². The van der Waals surface area contributed by atoms with Crippen LogP contribution in [-0.2, 0) is 0 Å². The summed E-state index contributed by atoms with van der Waals surface area (Å²) in [5.41, 5.74) is 1.73. The van der Waals surface area contributed by atoms with Gasteiger partial charge in [0.15, 0.2) is 0 Å². The molecule has 3 heteroatoms.